The molecule has 0 aliphatic heterocycles. The zero-order chi connectivity index (χ0) is 23.8. The van der Waals surface area contributed by atoms with Crippen molar-refractivity contribution in [3.05, 3.63) is 68.4 Å². The summed E-state index contributed by atoms with van der Waals surface area (Å²) in [4.78, 5) is 27.3. The van der Waals surface area contributed by atoms with Crippen LogP contribution in [0.3, 0.4) is 0 Å². The van der Waals surface area contributed by atoms with E-state index in [2.05, 4.69) is 5.32 Å². The van der Waals surface area contributed by atoms with Gasteiger partial charge in [0.2, 0.25) is 11.8 Å². The summed E-state index contributed by atoms with van der Waals surface area (Å²) in [5.74, 6) is -0.708. The number of nitrogens with zero attached hydrogens (tertiary/aromatic N) is 1. The molecule has 2 aromatic rings. The predicted molar refractivity (Wildman–Crippen MR) is 132 cm³/mol. The molecule has 2 aromatic carbocycles. The van der Waals surface area contributed by atoms with Crippen LogP contribution in [0.4, 0.5) is 4.39 Å². The summed E-state index contributed by atoms with van der Waals surface area (Å²) in [6.07, 6.45) is 0.766. The van der Waals surface area contributed by atoms with Gasteiger partial charge in [0.15, 0.2) is 0 Å². The molecule has 0 aliphatic carbocycles. The highest BCUT2D eigenvalue weighted by Crippen LogP contribution is 2.28. The third kappa shape index (κ3) is 7.27. The summed E-state index contributed by atoms with van der Waals surface area (Å²) in [7, 11) is 0. The highest BCUT2D eigenvalue weighted by atomic mass is 35.5. The molecule has 2 atom stereocenters. The molecule has 9 heteroatoms. The molecule has 0 radical (unpaired) electrons. The summed E-state index contributed by atoms with van der Waals surface area (Å²) in [6.45, 7) is 5.61. The maximum absolute atomic E-state index is 14.0. The molecule has 0 unspecified atom stereocenters. The molecular formula is C23H26Cl3FN2O2S. The van der Waals surface area contributed by atoms with Crippen LogP contribution < -0.4 is 5.32 Å². The first-order valence-electron chi connectivity index (χ1n) is 10.2. The molecule has 0 saturated heterocycles. The van der Waals surface area contributed by atoms with Crippen molar-refractivity contribution < 1.29 is 14.0 Å². The normalized spacial score (nSPS) is 12.8. The molecule has 32 heavy (non-hydrogen) atoms. The number of benzene rings is 2. The quantitative estimate of drug-likeness (QED) is 0.398. The number of hydrogen-bond acceptors (Lipinski definition) is 3. The lowest BCUT2D eigenvalue weighted by molar-refractivity contribution is -0.138. The fourth-order valence-electron chi connectivity index (χ4n) is 2.90. The van der Waals surface area contributed by atoms with Crippen LogP contribution in [0.15, 0.2) is 36.4 Å². The molecule has 4 nitrogen and oxygen atoms in total. The van der Waals surface area contributed by atoms with Gasteiger partial charge >= 0.3 is 0 Å². The Morgan fingerprint density at radius 2 is 1.59 bits per heavy atom. The van der Waals surface area contributed by atoms with E-state index in [1.54, 1.807) is 31.2 Å². The first-order chi connectivity index (χ1) is 15.1. The van der Waals surface area contributed by atoms with Crippen molar-refractivity contribution in [3.8, 4) is 0 Å². The smallest absolute Gasteiger partial charge is 0.242 e. The van der Waals surface area contributed by atoms with E-state index >= 15 is 0 Å². The second kappa shape index (κ2) is 12.7. The Kier molecular flexibility index (Phi) is 10.6. The van der Waals surface area contributed by atoms with Crippen molar-refractivity contribution in [2.45, 2.75) is 51.6 Å². The van der Waals surface area contributed by atoms with Crippen molar-refractivity contribution in [2.24, 2.45) is 0 Å². The van der Waals surface area contributed by atoms with Crippen LogP contribution in [-0.4, -0.2) is 34.6 Å². The molecule has 0 aliphatic rings. The van der Waals surface area contributed by atoms with Crippen LogP contribution >= 0.6 is 46.6 Å². The minimum absolute atomic E-state index is 0.0247. The summed E-state index contributed by atoms with van der Waals surface area (Å²) in [6, 6.07) is 8.78. The Balaban J connectivity index is 2.18. The number of carbonyl (C=O) groups excluding carboxylic acids is 2. The molecule has 0 saturated carbocycles. The van der Waals surface area contributed by atoms with Crippen LogP contribution in [0, 0.1) is 5.82 Å². The second-order valence-electron chi connectivity index (χ2n) is 7.41. The second-order valence-corrected chi connectivity index (χ2v) is 9.62. The molecule has 0 heterocycles. The van der Waals surface area contributed by atoms with Crippen LogP contribution in [0.25, 0.3) is 0 Å². The third-order valence-electron chi connectivity index (χ3n) is 5.09. The van der Waals surface area contributed by atoms with Crippen LogP contribution in [0.1, 0.15) is 38.3 Å². The summed E-state index contributed by atoms with van der Waals surface area (Å²) in [5.41, 5.74) is 0.907. The van der Waals surface area contributed by atoms with Gasteiger partial charge in [-0.25, -0.2) is 4.39 Å². The zero-order valence-electron chi connectivity index (χ0n) is 18.1. The van der Waals surface area contributed by atoms with Gasteiger partial charge in [0.25, 0.3) is 0 Å². The Labute approximate surface area is 207 Å². The fourth-order valence-corrected chi connectivity index (χ4v) is 4.66. The van der Waals surface area contributed by atoms with Gasteiger partial charge in [0, 0.05) is 44.5 Å². The molecule has 174 valence electrons. The van der Waals surface area contributed by atoms with Gasteiger partial charge in [-0.2, -0.15) is 0 Å². The molecule has 0 aromatic heterocycles. The number of thioether (sulfide) groups is 1. The lowest BCUT2D eigenvalue weighted by Crippen LogP contribution is -2.50. The molecule has 0 spiro atoms. The van der Waals surface area contributed by atoms with Crippen molar-refractivity contribution in [1.29, 1.82) is 0 Å². The predicted octanol–water partition coefficient (Wildman–Crippen LogP) is 6.35. The number of rotatable bonds is 10. The maximum Gasteiger partial charge on any atom is 0.242 e. The molecule has 2 amide bonds. The van der Waals surface area contributed by atoms with Crippen LogP contribution in [0.5, 0.6) is 0 Å². The number of halogens is 4. The SMILES string of the molecule is CC[C@H](C)NC(=O)[C@H](C)N(Cc1c(Cl)cccc1Cl)C(=O)CSCc1c(F)cccc1Cl. The third-order valence-corrected chi connectivity index (χ3v) is 7.10. The van der Waals surface area contributed by atoms with Gasteiger partial charge in [-0.05, 0) is 44.5 Å². The monoisotopic (exact) mass is 518 g/mol. The van der Waals surface area contributed by atoms with Crippen LogP contribution in [-0.2, 0) is 21.9 Å². The first kappa shape index (κ1) is 26.8. The Morgan fingerprint density at radius 3 is 2.16 bits per heavy atom. The Bertz CT molecular complexity index is 920. The van der Waals surface area contributed by atoms with Gasteiger partial charge in [0.1, 0.15) is 11.9 Å². The van der Waals surface area contributed by atoms with E-state index in [4.69, 9.17) is 34.8 Å². The summed E-state index contributed by atoms with van der Waals surface area (Å²) < 4.78 is 14.0. The van der Waals surface area contributed by atoms with Crippen molar-refractivity contribution in [1.82, 2.24) is 10.2 Å². The molecule has 0 fully saturated rings. The number of amides is 2. The van der Waals surface area contributed by atoms with Crippen LogP contribution in [0.2, 0.25) is 15.1 Å². The summed E-state index contributed by atoms with van der Waals surface area (Å²) >= 11 is 19.9. The minimum Gasteiger partial charge on any atom is -0.352 e. The largest absolute Gasteiger partial charge is 0.352 e. The molecule has 1 N–H and O–H groups in total. The highest BCUT2D eigenvalue weighted by molar-refractivity contribution is 7.99. The highest BCUT2D eigenvalue weighted by Gasteiger charge is 2.28. The number of hydrogen-bond donors (Lipinski definition) is 1. The fraction of sp³-hybridized carbons (Fsp3) is 0.391. The maximum atomic E-state index is 14.0. The van der Waals surface area contributed by atoms with Crippen molar-refractivity contribution >= 4 is 58.4 Å². The van der Waals surface area contributed by atoms with E-state index in [1.807, 2.05) is 13.8 Å². The number of nitrogens with one attached hydrogen (secondary N) is 1. The molecule has 0 bridgehead atoms. The van der Waals surface area contributed by atoms with Gasteiger partial charge in [-0.15, -0.1) is 11.8 Å². The standard InChI is InChI=1S/C23H26Cl3FN2O2S/c1-4-14(2)28-23(31)15(3)29(11-16-18(24)7-5-8-19(16)25)22(30)13-32-12-17-20(26)9-6-10-21(17)27/h5-10,14-15H,4,11-13H2,1-3H3,(H,28,31)/t14-,15-/m0/s1. The van der Waals surface area contributed by atoms with Gasteiger partial charge in [-0.1, -0.05) is 53.9 Å². The van der Waals surface area contributed by atoms with E-state index in [9.17, 15) is 14.0 Å². The van der Waals surface area contributed by atoms with E-state index in [-0.39, 0.29) is 35.9 Å². The zero-order valence-corrected chi connectivity index (χ0v) is 21.2. The van der Waals surface area contributed by atoms with Gasteiger partial charge < -0.3 is 10.2 Å². The minimum atomic E-state index is -0.749. The topological polar surface area (TPSA) is 49.4 Å². The van der Waals surface area contributed by atoms with E-state index in [0.717, 1.165) is 6.42 Å². The van der Waals surface area contributed by atoms with E-state index in [0.29, 0.717) is 26.2 Å². The van der Waals surface area contributed by atoms with Crippen molar-refractivity contribution in [3.63, 3.8) is 0 Å². The summed E-state index contributed by atoms with van der Waals surface area (Å²) in [5, 5.41) is 4.04. The van der Waals surface area contributed by atoms with Gasteiger partial charge in [-0.3, -0.25) is 9.59 Å². The van der Waals surface area contributed by atoms with Crippen molar-refractivity contribution in [2.75, 3.05) is 5.75 Å². The van der Waals surface area contributed by atoms with E-state index < -0.39 is 11.9 Å². The Morgan fingerprint density at radius 1 is 1.03 bits per heavy atom. The average molecular weight is 520 g/mol. The Hall–Kier alpha value is -1.47. The number of carbonyl (C=O) groups is 2. The molecular weight excluding hydrogens is 494 g/mol. The lowest BCUT2D eigenvalue weighted by atomic mass is 10.1. The van der Waals surface area contributed by atoms with E-state index in [1.165, 1.54) is 28.8 Å². The first-order valence-corrected chi connectivity index (χ1v) is 12.5. The molecule has 2 rings (SSSR count). The van der Waals surface area contributed by atoms with Gasteiger partial charge in [0.05, 0.1) is 5.75 Å². The average Bonchev–Trinajstić information content (AvgIpc) is 2.74. The lowest BCUT2D eigenvalue weighted by Gasteiger charge is -2.30.